The van der Waals surface area contributed by atoms with Crippen LogP contribution in [0.3, 0.4) is 0 Å². The fraction of sp³-hybridized carbons (Fsp3) is 0.200. The van der Waals surface area contributed by atoms with Gasteiger partial charge in [0.25, 0.3) is 5.82 Å². The van der Waals surface area contributed by atoms with Gasteiger partial charge in [-0.25, -0.2) is 4.68 Å². The minimum absolute atomic E-state index is 0.193. The van der Waals surface area contributed by atoms with Crippen LogP contribution in [0.25, 0.3) is 5.82 Å². The molecule has 0 aliphatic rings. The number of alkyl halides is 3. The zero-order chi connectivity index (χ0) is 18.9. The van der Waals surface area contributed by atoms with Crippen molar-refractivity contribution >= 4 is 5.69 Å². The molecule has 1 aromatic carbocycles. The summed E-state index contributed by atoms with van der Waals surface area (Å²) in [5.41, 5.74) is -0.821. The number of benzene rings is 1. The molecule has 0 atom stereocenters. The van der Waals surface area contributed by atoms with E-state index in [1.165, 1.54) is 11.8 Å². The summed E-state index contributed by atoms with van der Waals surface area (Å²) < 4.78 is 45.1. The van der Waals surface area contributed by atoms with Gasteiger partial charge in [0, 0.05) is 6.20 Å². The van der Waals surface area contributed by atoms with Crippen LogP contribution < -0.4 is 4.74 Å². The molecule has 0 saturated carbocycles. The Kier molecular flexibility index (Phi) is 4.36. The lowest BCUT2D eigenvalue weighted by molar-refractivity contribution is -0.384. The summed E-state index contributed by atoms with van der Waals surface area (Å²) in [7, 11) is 1.53. The van der Waals surface area contributed by atoms with Crippen molar-refractivity contribution in [2.45, 2.75) is 12.7 Å². The van der Waals surface area contributed by atoms with Crippen LogP contribution in [0.2, 0.25) is 0 Å². The molecule has 26 heavy (non-hydrogen) atoms. The predicted molar refractivity (Wildman–Crippen MR) is 83.1 cm³/mol. The molecule has 0 amide bonds. The summed E-state index contributed by atoms with van der Waals surface area (Å²) in [6, 6.07) is 7.67. The van der Waals surface area contributed by atoms with Crippen molar-refractivity contribution in [1.82, 2.24) is 19.6 Å². The molecule has 11 heteroatoms. The average Bonchev–Trinajstić information content (AvgIpc) is 3.21. The second-order valence-electron chi connectivity index (χ2n) is 5.28. The zero-order valence-electron chi connectivity index (χ0n) is 13.3. The summed E-state index contributed by atoms with van der Waals surface area (Å²) in [5.74, 6) is 0.358. The van der Waals surface area contributed by atoms with Crippen LogP contribution in [0.4, 0.5) is 18.9 Å². The average molecular weight is 367 g/mol. The second kappa shape index (κ2) is 6.50. The lowest BCUT2D eigenvalue weighted by Gasteiger charge is -2.03. The van der Waals surface area contributed by atoms with Crippen molar-refractivity contribution in [3.8, 4) is 11.6 Å². The van der Waals surface area contributed by atoms with Crippen molar-refractivity contribution in [2.75, 3.05) is 7.11 Å². The Hall–Kier alpha value is -3.37. The largest absolute Gasteiger partial charge is 0.497 e. The fourth-order valence-electron chi connectivity index (χ4n) is 2.28. The molecule has 2 aromatic heterocycles. The summed E-state index contributed by atoms with van der Waals surface area (Å²) in [4.78, 5) is 10.5. The first-order valence-electron chi connectivity index (χ1n) is 7.26. The van der Waals surface area contributed by atoms with Crippen LogP contribution in [0, 0.1) is 10.1 Å². The summed E-state index contributed by atoms with van der Waals surface area (Å²) in [5, 5.41) is 18.6. The van der Waals surface area contributed by atoms with Gasteiger partial charge in [-0.1, -0.05) is 12.1 Å². The molecule has 136 valence electrons. The molecule has 0 aliphatic carbocycles. The number of halogens is 3. The molecule has 0 fully saturated rings. The Labute approximate surface area is 144 Å². The van der Waals surface area contributed by atoms with Gasteiger partial charge in [0.2, 0.25) is 0 Å². The first-order chi connectivity index (χ1) is 12.3. The number of aromatic nitrogens is 4. The normalized spacial score (nSPS) is 11.5. The van der Waals surface area contributed by atoms with Gasteiger partial charge in [-0.2, -0.15) is 18.3 Å². The summed E-state index contributed by atoms with van der Waals surface area (Å²) in [6.07, 6.45) is -2.52. The van der Waals surface area contributed by atoms with Crippen molar-refractivity contribution in [3.05, 3.63) is 64.1 Å². The maximum absolute atomic E-state index is 12.7. The number of rotatable bonds is 5. The molecule has 0 N–H and O–H groups in total. The third kappa shape index (κ3) is 3.50. The zero-order valence-corrected chi connectivity index (χ0v) is 13.3. The van der Waals surface area contributed by atoms with E-state index in [0.29, 0.717) is 5.75 Å². The first kappa shape index (κ1) is 17.5. The van der Waals surface area contributed by atoms with E-state index in [2.05, 4.69) is 10.2 Å². The highest BCUT2D eigenvalue weighted by Gasteiger charge is 2.34. The minimum atomic E-state index is -4.65. The SMILES string of the molecule is COc1ccc(Cn2cc([N+](=O)[O-])c(-n3ccc(C(F)(F)F)n3)n2)cc1. The molecular weight excluding hydrogens is 355 g/mol. The van der Waals surface area contributed by atoms with Gasteiger partial charge in [-0.15, -0.1) is 5.10 Å². The van der Waals surface area contributed by atoms with Gasteiger partial charge < -0.3 is 4.74 Å². The minimum Gasteiger partial charge on any atom is -0.497 e. The quantitative estimate of drug-likeness (QED) is 0.511. The Balaban J connectivity index is 1.93. The van der Waals surface area contributed by atoms with Gasteiger partial charge >= 0.3 is 11.9 Å². The fourth-order valence-corrected chi connectivity index (χ4v) is 2.28. The topological polar surface area (TPSA) is 88.0 Å². The van der Waals surface area contributed by atoms with Crippen molar-refractivity contribution < 1.29 is 22.8 Å². The molecule has 0 unspecified atom stereocenters. The summed E-state index contributed by atoms with van der Waals surface area (Å²) in [6.45, 7) is 0.193. The highest BCUT2D eigenvalue weighted by atomic mass is 19.4. The van der Waals surface area contributed by atoms with E-state index >= 15 is 0 Å². The third-order valence-corrected chi connectivity index (χ3v) is 3.52. The van der Waals surface area contributed by atoms with Crippen LogP contribution in [0.5, 0.6) is 5.75 Å². The van der Waals surface area contributed by atoms with E-state index < -0.39 is 22.5 Å². The second-order valence-corrected chi connectivity index (χ2v) is 5.28. The van der Waals surface area contributed by atoms with Crippen LogP contribution in [-0.4, -0.2) is 31.6 Å². The molecule has 3 rings (SSSR count). The van der Waals surface area contributed by atoms with Crippen LogP contribution >= 0.6 is 0 Å². The Morgan fingerprint density at radius 1 is 1.19 bits per heavy atom. The Morgan fingerprint density at radius 2 is 1.88 bits per heavy atom. The van der Waals surface area contributed by atoms with Gasteiger partial charge in [0.05, 0.1) is 18.6 Å². The number of methoxy groups -OCH3 is 1. The van der Waals surface area contributed by atoms with Crippen molar-refractivity contribution in [2.24, 2.45) is 0 Å². The maximum atomic E-state index is 12.7. The van der Waals surface area contributed by atoms with Gasteiger partial charge in [0.15, 0.2) is 5.69 Å². The van der Waals surface area contributed by atoms with E-state index in [0.717, 1.165) is 28.7 Å². The van der Waals surface area contributed by atoms with E-state index in [1.54, 1.807) is 24.3 Å². The molecule has 2 heterocycles. The Morgan fingerprint density at radius 3 is 2.42 bits per heavy atom. The van der Waals surface area contributed by atoms with Crippen LogP contribution in [-0.2, 0) is 12.7 Å². The van der Waals surface area contributed by atoms with Gasteiger partial charge in [-0.3, -0.25) is 14.8 Å². The smallest absolute Gasteiger partial charge is 0.435 e. The number of hydrogen-bond donors (Lipinski definition) is 0. The number of nitro groups is 1. The molecule has 0 radical (unpaired) electrons. The van der Waals surface area contributed by atoms with E-state index in [4.69, 9.17) is 4.74 Å². The lowest BCUT2D eigenvalue weighted by Crippen LogP contribution is -2.08. The molecule has 3 aromatic rings. The van der Waals surface area contributed by atoms with E-state index in [1.807, 2.05) is 0 Å². The molecule has 0 aliphatic heterocycles. The van der Waals surface area contributed by atoms with E-state index in [9.17, 15) is 23.3 Å². The monoisotopic (exact) mass is 367 g/mol. The standard InChI is InChI=1S/C15H12F3N5O3/c1-26-11-4-2-10(3-5-11)8-21-9-12(23(24)25)14(20-21)22-7-6-13(19-22)15(16,17)18/h2-7,9H,8H2,1H3. The molecule has 0 saturated heterocycles. The summed E-state index contributed by atoms with van der Waals surface area (Å²) >= 11 is 0. The molecule has 8 nitrogen and oxygen atoms in total. The highest BCUT2D eigenvalue weighted by Crippen LogP contribution is 2.29. The van der Waals surface area contributed by atoms with Crippen molar-refractivity contribution in [3.63, 3.8) is 0 Å². The third-order valence-electron chi connectivity index (χ3n) is 3.52. The first-order valence-corrected chi connectivity index (χ1v) is 7.26. The van der Waals surface area contributed by atoms with Crippen molar-refractivity contribution in [1.29, 1.82) is 0 Å². The van der Waals surface area contributed by atoms with Gasteiger partial charge in [-0.05, 0) is 23.8 Å². The highest BCUT2D eigenvalue weighted by molar-refractivity contribution is 5.45. The number of hydrogen-bond acceptors (Lipinski definition) is 5. The van der Waals surface area contributed by atoms with E-state index in [-0.39, 0.29) is 12.4 Å². The number of ether oxygens (including phenoxy) is 1. The molecule has 0 bridgehead atoms. The predicted octanol–water partition coefficient (Wildman–Crippen LogP) is 3.05. The Bertz CT molecular complexity index is 931. The van der Waals surface area contributed by atoms with Crippen LogP contribution in [0.15, 0.2) is 42.7 Å². The van der Waals surface area contributed by atoms with Crippen LogP contribution in [0.1, 0.15) is 11.3 Å². The lowest BCUT2D eigenvalue weighted by atomic mass is 10.2. The maximum Gasteiger partial charge on any atom is 0.435 e. The van der Waals surface area contributed by atoms with Gasteiger partial charge in [0.1, 0.15) is 11.9 Å². The molecular formula is C15H12F3N5O3. The number of nitrogens with zero attached hydrogens (tertiary/aromatic N) is 5. The molecule has 0 spiro atoms.